The molecule has 1 saturated heterocycles. The molecule has 0 aliphatic carbocycles. The molecule has 1 aliphatic heterocycles. The lowest BCUT2D eigenvalue weighted by Gasteiger charge is -2.39. The van der Waals surface area contributed by atoms with Gasteiger partial charge in [-0.15, -0.1) is 0 Å². The number of fused-ring (bicyclic) bond motifs is 1. The molecule has 0 saturated carbocycles. The molecular formula is C16H19N. The molecule has 1 heteroatoms. The lowest BCUT2D eigenvalue weighted by Crippen LogP contribution is -2.37. The normalized spacial score (nSPS) is 20.5. The van der Waals surface area contributed by atoms with Crippen molar-refractivity contribution in [2.24, 2.45) is 0 Å². The lowest BCUT2D eigenvalue weighted by atomic mass is 9.86. The van der Waals surface area contributed by atoms with Crippen molar-refractivity contribution in [3.05, 3.63) is 47.0 Å². The molecule has 0 radical (unpaired) electrons. The minimum atomic E-state index is 0.625. The first kappa shape index (κ1) is 10.8. The lowest BCUT2D eigenvalue weighted by molar-refractivity contribution is 0.128. The number of hydrogen-bond acceptors (Lipinski definition) is 1. The van der Waals surface area contributed by atoms with Gasteiger partial charge in [0.15, 0.2) is 0 Å². The fourth-order valence-corrected chi connectivity index (χ4v) is 3.08. The highest BCUT2D eigenvalue weighted by Crippen LogP contribution is 2.38. The number of benzene rings is 2. The predicted molar refractivity (Wildman–Crippen MR) is 73.4 cm³/mol. The molecule has 1 heterocycles. The molecule has 17 heavy (non-hydrogen) atoms. The average Bonchev–Trinajstić information content (AvgIpc) is 2.32. The monoisotopic (exact) mass is 225 g/mol. The smallest absolute Gasteiger partial charge is 0.0366 e. The predicted octanol–water partition coefficient (Wildman–Crippen LogP) is 3.83. The molecule has 1 unspecified atom stereocenters. The second-order valence-electron chi connectivity index (χ2n) is 5.25. The Morgan fingerprint density at radius 1 is 1.06 bits per heavy atom. The summed E-state index contributed by atoms with van der Waals surface area (Å²) in [5, 5.41) is 2.86. The molecule has 0 aromatic heterocycles. The van der Waals surface area contributed by atoms with Gasteiger partial charge in [-0.2, -0.15) is 0 Å². The molecule has 0 spiro atoms. The summed E-state index contributed by atoms with van der Waals surface area (Å²) in [6.45, 7) is 5.69. The maximum absolute atomic E-state index is 2.45. The Bertz CT molecular complexity index is 571. The third-order valence-corrected chi connectivity index (χ3v) is 4.12. The van der Waals surface area contributed by atoms with E-state index in [1.54, 1.807) is 5.56 Å². The van der Waals surface area contributed by atoms with Crippen LogP contribution in [0.4, 0.5) is 0 Å². The van der Waals surface area contributed by atoms with Crippen LogP contribution in [0.5, 0.6) is 0 Å². The van der Waals surface area contributed by atoms with Crippen LogP contribution in [0.2, 0.25) is 0 Å². The van der Waals surface area contributed by atoms with Crippen molar-refractivity contribution in [2.75, 3.05) is 13.6 Å². The summed E-state index contributed by atoms with van der Waals surface area (Å²) < 4.78 is 0. The standard InChI is InChI=1S/C16H19N/c1-11-10-12(2)16(15-8-9-17(15)3)14-7-5-4-6-13(11)14/h4-7,10,15H,8-9H2,1-3H3. The Morgan fingerprint density at radius 3 is 2.35 bits per heavy atom. The van der Waals surface area contributed by atoms with E-state index >= 15 is 0 Å². The van der Waals surface area contributed by atoms with Crippen LogP contribution in [0.1, 0.15) is 29.2 Å². The van der Waals surface area contributed by atoms with Crippen molar-refractivity contribution in [1.82, 2.24) is 4.90 Å². The van der Waals surface area contributed by atoms with E-state index in [1.807, 2.05) is 0 Å². The van der Waals surface area contributed by atoms with Gasteiger partial charge in [0.05, 0.1) is 0 Å². The van der Waals surface area contributed by atoms with E-state index in [4.69, 9.17) is 0 Å². The second-order valence-corrected chi connectivity index (χ2v) is 5.25. The van der Waals surface area contributed by atoms with Crippen LogP contribution in [0.15, 0.2) is 30.3 Å². The van der Waals surface area contributed by atoms with Crippen LogP contribution in [-0.4, -0.2) is 18.5 Å². The molecule has 2 aromatic rings. The first-order valence-electron chi connectivity index (χ1n) is 6.37. The van der Waals surface area contributed by atoms with Crippen molar-refractivity contribution >= 4 is 10.8 Å². The van der Waals surface area contributed by atoms with Gasteiger partial charge < -0.3 is 0 Å². The summed E-state index contributed by atoms with van der Waals surface area (Å²) >= 11 is 0. The minimum absolute atomic E-state index is 0.625. The largest absolute Gasteiger partial charge is 0.299 e. The molecule has 0 N–H and O–H groups in total. The fraction of sp³-hybridized carbons (Fsp3) is 0.375. The Balaban J connectivity index is 2.29. The zero-order valence-corrected chi connectivity index (χ0v) is 10.8. The first-order valence-corrected chi connectivity index (χ1v) is 6.37. The summed E-state index contributed by atoms with van der Waals surface area (Å²) in [6, 6.07) is 11.8. The van der Waals surface area contributed by atoms with E-state index in [0.717, 1.165) is 0 Å². The van der Waals surface area contributed by atoms with Crippen molar-refractivity contribution in [2.45, 2.75) is 26.3 Å². The molecule has 1 nitrogen and oxygen atoms in total. The Morgan fingerprint density at radius 2 is 1.76 bits per heavy atom. The van der Waals surface area contributed by atoms with E-state index in [1.165, 1.54) is 34.9 Å². The van der Waals surface area contributed by atoms with Gasteiger partial charge in [0, 0.05) is 12.6 Å². The summed E-state index contributed by atoms with van der Waals surface area (Å²) in [6.07, 6.45) is 1.30. The van der Waals surface area contributed by atoms with Crippen LogP contribution in [-0.2, 0) is 0 Å². The summed E-state index contributed by atoms with van der Waals surface area (Å²) in [7, 11) is 2.22. The van der Waals surface area contributed by atoms with E-state index in [9.17, 15) is 0 Å². The highest BCUT2D eigenvalue weighted by molar-refractivity contribution is 5.90. The van der Waals surface area contributed by atoms with E-state index in [0.29, 0.717) is 6.04 Å². The molecule has 0 amide bonds. The Hall–Kier alpha value is -1.34. The number of aryl methyl sites for hydroxylation is 2. The topological polar surface area (TPSA) is 3.24 Å². The molecule has 1 aliphatic rings. The van der Waals surface area contributed by atoms with Gasteiger partial charge in [0.1, 0.15) is 0 Å². The molecule has 1 fully saturated rings. The highest BCUT2D eigenvalue weighted by Gasteiger charge is 2.28. The second kappa shape index (κ2) is 3.85. The van der Waals surface area contributed by atoms with Gasteiger partial charge in [-0.05, 0) is 54.8 Å². The fourth-order valence-electron chi connectivity index (χ4n) is 3.08. The summed E-state index contributed by atoms with van der Waals surface area (Å²) in [5.41, 5.74) is 4.38. The van der Waals surface area contributed by atoms with Crippen molar-refractivity contribution in [1.29, 1.82) is 0 Å². The number of hydrogen-bond donors (Lipinski definition) is 0. The van der Waals surface area contributed by atoms with Gasteiger partial charge >= 0.3 is 0 Å². The van der Waals surface area contributed by atoms with Crippen LogP contribution >= 0.6 is 0 Å². The minimum Gasteiger partial charge on any atom is -0.299 e. The van der Waals surface area contributed by atoms with Gasteiger partial charge in [-0.25, -0.2) is 0 Å². The molecule has 0 bridgehead atoms. The number of rotatable bonds is 1. The van der Waals surface area contributed by atoms with Crippen LogP contribution in [0.3, 0.4) is 0 Å². The first-order chi connectivity index (χ1) is 8.18. The Kier molecular flexibility index (Phi) is 2.44. The van der Waals surface area contributed by atoms with E-state index < -0.39 is 0 Å². The van der Waals surface area contributed by atoms with Gasteiger partial charge in [-0.3, -0.25) is 4.90 Å². The van der Waals surface area contributed by atoms with Crippen molar-refractivity contribution in [3.63, 3.8) is 0 Å². The molecule has 88 valence electrons. The average molecular weight is 225 g/mol. The number of likely N-dealkylation sites (tertiary alicyclic amines) is 1. The van der Waals surface area contributed by atoms with Gasteiger partial charge in [0.2, 0.25) is 0 Å². The van der Waals surface area contributed by atoms with Gasteiger partial charge in [0.25, 0.3) is 0 Å². The summed E-state index contributed by atoms with van der Waals surface area (Å²) in [5.74, 6) is 0. The van der Waals surface area contributed by atoms with Crippen molar-refractivity contribution < 1.29 is 0 Å². The third kappa shape index (κ3) is 1.57. The Labute approximate surface area is 103 Å². The van der Waals surface area contributed by atoms with Crippen LogP contribution < -0.4 is 0 Å². The molecule has 2 aromatic carbocycles. The van der Waals surface area contributed by atoms with Crippen molar-refractivity contribution in [3.8, 4) is 0 Å². The van der Waals surface area contributed by atoms with Crippen LogP contribution in [0, 0.1) is 13.8 Å². The van der Waals surface area contributed by atoms with Crippen LogP contribution in [0.25, 0.3) is 10.8 Å². The van der Waals surface area contributed by atoms with Gasteiger partial charge in [-0.1, -0.05) is 30.3 Å². The molecule has 3 rings (SSSR count). The third-order valence-electron chi connectivity index (χ3n) is 4.12. The van der Waals surface area contributed by atoms with E-state index in [-0.39, 0.29) is 0 Å². The zero-order valence-electron chi connectivity index (χ0n) is 10.8. The molecule has 1 atom stereocenters. The number of nitrogens with zero attached hydrogens (tertiary/aromatic N) is 1. The zero-order chi connectivity index (χ0) is 12.0. The maximum atomic E-state index is 2.45. The SMILES string of the molecule is Cc1cc(C)c2ccccc2c1C1CCN1C. The quantitative estimate of drug-likeness (QED) is 0.713. The summed E-state index contributed by atoms with van der Waals surface area (Å²) in [4.78, 5) is 2.45. The maximum Gasteiger partial charge on any atom is 0.0366 e. The highest BCUT2D eigenvalue weighted by atomic mass is 15.2. The molecular weight excluding hydrogens is 206 g/mol. The van der Waals surface area contributed by atoms with E-state index in [2.05, 4.69) is 56.1 Å².